The lowest BCUT2D eigenvalue weighted by Crippen LogP contribution is -2.46. The number of nitrogens with zero attached hydrogens (tertiary/aromatic N) is 3. The maximum absolute atomic E-state index is 13.1. The van der Waals surface area contributed by atoms with Crippen molar-refractivity contribution in [1.29, 1.82) is 0 Å². The first kappa shape index (κ1) is 21.3. The van der Waals surface area contributed by atoms with Gasteiger partial charge in [0.2, 0.25) is 0 Å². The fourth-order valence-corrected chi connectivity index (χ4v) is 6.68. The molecule has 3 heterocycles. The van der Waals surface area contributed by atoms with Crippen LogP contribution < -0.4 is 4.90 Å². The van der Waals surface area contributed by atoms with Crippen molar-refractivity contribution in [2.24, 2.45) is 0 Å². The quantitative estimate of drug-likeness (QED) is 0.538. The lowest BCUT2D eigenvalue weighted by atomic mass is 10.2. The lowest BCUT2D eigenvalue weighted by Gasteiger charge is -2.35. The fraction of sp³-hybridized carbons (Fsp3) is 0.435. The van der Waals surface area contributed by atoms with E-state index in [0.717, 1.165) is 59.8 Å². The Bertz CT molecular complexity index is 1100. The highest BCUT2D eigenvalue weighted by Gasteiger charge is 2.23. The Balaban J connectivity index is 1.56. The first-order chi connectivity index (χ1) is 14.5. The van der Waals surface area contributed by atoms with E-state index < -0.39 is 9.84 Å². The molecule has 0 spiro atoms. The Morgan fingerprint density at radius 3 is 2.50 bits per heavy atom. The van der Waals surface area contributed by atoms with Gasteiger partial charge in [0.05, 0.1) is 5.75 Å². The van der Waals surface area contributed by atoms with Crippen LogP contribution in [-0.2, 0) is 15.6 Å². The molecule has 0 amide bonds. The second-order valence-corrected chi connectivity index (χ2v) is 11.3. The molecule has 0 unspecified atom stereocenters. The van der Waals surface area contributed by atoms with Crippen molar-refractivity contribution in [2.75, 3.05) is 37.6 Å². The number of hydrogen-bond acceptors (Lipinski definition) is 6. The maximum Gasteiger partial charge on any atom is 0.191 e. The largest absolute Gasteiger partial charge is 0.354 e. The van der Waals surface area contributed by atoms with E-state index >= 15 is 0 Å². The van der Waals surface area contributed by atoms with Crippen molar-refractivity contribution in [3.05, 3.63) is 53.7 Å². The average molecular weight is 444 g/mol. The molecule has 0 N–H and O–H groups in total. The molecular formula is C23H29N3O2S2. The Morgan fingerprint density at radius 1 is 1.07 bits per heavy atom. The van der Waals surface area contributed by atoms with Crippen molar-refractivity contribution in [3.8, 4) is 0 Å². The van der Waals surface area contributed by atoms with Gasteiger partial charge in [-0.05, 0) is 37.6 Å². The Labute approximate surface area is 183 Å². The number of aromatic nitrogens is 1. The van der Waals surface area contributed by atoms with Crippen LogP contribution in [0.5, 0.6) is 0 Å². The molecule has 0 atom stereocenters. The number of thiophene rings is 1. The number of sulfone groups is 1. The van der Waals surface area contributed by atoms with Crippen LogP contribution in [-0.4, -0.2) is 51.0 Å². The van der Waals surface area contributed by atoms with Gasteiger partial charge in [-0.15, -0.1) is 11.3 Å². The third kappa shape index (κ3) is 4.68. The standard InChI is InChI=1S/C23H29N3O2S2/c1-3-4-11-25-12-14-26(15-13-25)23-20-16-22(29-21(20)9-10-24-23)30(27,28)17-19-7-5-18(2)6-8-19/h5-10,16H,3-4,11-15,17H2,1-2H3. The van der Waals surface area contributed by atoms with Crippen LogP contribution in [0.25, 0.3) is 10.1 Å². The highest BCUT2D eigenvalue weighted by molar-refractivity contribution is 7.92. The van der Waals surface area contributed by atoms with E-state index in [1.165, 1.54) is 24.2 Å². The van der Waals surface area contributed by atoms with Crippen LogP contribution in [0.4, 0.5) is 5.82 Å². The molecule has 0 bridgehead atoms. The molecule has 1 fully saturated rings. The molecule has 160 valence electrons. The maximum atomic E-state index is 13.1. The highest BCUT2D eigenvalue weighted by Crippen LogP contribution is 2.35. The minimum Gasteiger partial charge on any atom is -0.354 e. The Morgan fingerprint density at radius 2 is 1.80 bits per heavy atom. The third-order valence-corrected chi connectivity index (χ3v) is 9.04. The molecule has 1 aromatic carbocycles. The molecule has 1 saturated heterocycles. The molecular weight excluding hydrogens is 414 g/mol. The van der Waals surface area contributed by atoms with E-state index in [-0.39, 0.29) is 5.75 Å². The minimum atomic E-state index is -3.39. The SMILES string of the molecule is CCCCN1CCN(c2nccc3sc(S(=O)(=O)Cc4ccc(C)cc4)cc23)CC1. The van der Waals surface area contributed by atoms with Crippen LogP contribution >= 0.6 is 11.3 Å². The number of fused-ring (bicyclic) bond motifs is 1. The fourth-order valence-electron chi connectivity index (χ4n) is 3.87. The number of aryl methyl sites for hydroxylation is 1. The van der Waals surface area contributed by atoms with Crippen LogP contribution in [0.2, 0.25) is 0 Å². The summed E-state index contributed by atoms with van der Waals surface area (Å²) >= 11 is 1.35. The number of unbranched alkanes of at least 4 members (excludes halogenated alkanes) is 1. The van der Waals surface area contributed by atoms with Gasteiger partial charge in [0.25, 0.3) is 0 Å². The Kier molecular flexibility index (Phi) is 6.41. The van der Waals surface area contributed by atoms with E-state index in [1.807, 2.05) is 43.3 Å². The smallest absolute Gasteiger partial charge is 0.191 e. The molecule has 7 heteroatoms. The first-order valence-corrected chi connectivity index (χ1v) is 13.1. The van der Waals surface area contributed by atoms with Crippen molar-refractivity contribution in [2.45, 2.75) is 36.7 Å². The van der Waals surface area contributed by atoms with Gasteiger partial charge in [-0.25, -0.2) is 13.4 Å². The van der Waals surface area contributed by atoms with Gasteiger partial charge in [-0.2, -0.15) is 0 Å². The van der Waals surface area contributed by atoms with Gasteiger partial charge >= 0.3 is 0 Å². The number of benzene rings is 1. The van der Waals surface area contributed by atoms with Gasteiger partial charge < -0.3 is 4.90 Å². The summed E-state index contributed by atoms with van der Waals surface area (Å²) in [5.74, 6) is 0.939. The summed E-state index contributed by atoms with van der Waals surface area (Å²) in [4.78, 5) is 9.43. The van der Waals surface area contributed by atoms with Crippen molar-refractivity contribution >= 4 is 37.1 Å². The van der Waals surface area contributed by atoms with Gasteiger partial charge in [0, 0.05) is 42.5 Å². The zero-order chi connectivity index (χ0) is 21.1. The molecule has 0 aliphatic carbocycles. The van der Waals surface area contributed by atoms with E-state index in [9.17, 15) is 8.42 Å². The molecule has 0 radical (unpaired) electrons. The number of hydrogen-bond donors (Lipinski definition) is 0. The highest BCUT2D eigenvalue weighted by atomic mass is 32.2. The second-order valence-electron chi connectivity index (χ2n) is 8.04. The second kappa shape index (κ2) is 9.04. The number of piperazine rings is 1. The minimum absolute atomic E-state index is 0.0268. The number of rotatable bonds is 7. The molecule has 30 heavy (non-hydrogen) atoms. The molecule has 2 aromatic heterocycles. The van der Waals surface area contributed by atoms with E-state index in [4.69, 9.17) is 0 Å². The van der Waals surface area contributed by atoms with Gasteiger partial charge in [-0.1, -0.05) is 43.2 Å². The van der Waals surface area contributed by atoms with Gasteiger partial charge in [0.15, 0.2) is 9.84 Å². The van der Waals surface area contributed by atoms with Crippen LogP contribution in [0.15, 0.2) is 46.8 Å². The van der Waals surface area contributed by atoms with Gasteiger partial charge in [0.1, 0.15) is 10.0 Å². The molecule has 4 rings (SSSR count). The number of pyridine rings is 1. The first-order valence-electron chi connectivity index (χ1n) is 10.6. The van der Waals surface area contributed by atoms with Gasteiger partial charge in [-0.3, -0.25) is 4.90 Å². The summed E-state index contributed by atoms with van der Waals surface area (Å²) in [5.41, 5.74) is 1.95. The monoisotopic (exact) mass is 443 g/mol. The van der Waals surface area contributed by atoms with Crippen molar-refractivity contribution in [3.63, 3.8) is 0 Å². The normalized spacial score (nSPS) is 15.7. The summed E-state index contributed by atoms with van der Waals surface area (Å²) in [6.07, 6.45) is 4.25. The van der Waals surface area contributed by atoms with Crippen molar-refractivity contribution in [1.82, 2.24) is 9.88 Å². The van der Waals surface area contributed by atoms with E-state index in [0.29, 0.717) is 4.21 Å². The topological polar surface area (TPSA) is 53.5 Å². The number of anilines is 1. The third-order valence-electron chi connectivity index (χ3n) is 5.69. The molecule has 1 aliphatic rings. The molecule has 0 saturated carbocycles. The summed E-state index contributed by atoms with van der Waals surface area (Å²) in [6, 6.07) is 11.5. The predicted molar refractivity (Wildman–Crippen MR) is 125 cm³/mol. The van der Waals surface area contributed by atoms with Crippen LogP contribution in [0.3, 0.4) is 0 Å². The summed E-state index contributed by atoms with van der Waals surface area (Å²) in [5, 5.41) is 0.951. The molecule has 1 aliphatic heterocycles. The zero-order valence-corrected chi connectivity index (χ0v) is 19.3. The summed E-state index contributed by atoms with van der Waals surface area (Å²) in [6.45, 7) is 9.29. The summed E-state index contributed by atoms with van der Waals surface area (Å²) in [7, 11) is -3.39. The summed E-state index contributed by atoms with van der Waals surface area (Å²) < 4.78 is 27.5. The average Bonchev–Trinajstić information content (AvgIpc) is 3.20. The van der Waals surface area contributed by atoms with E-state index in [2.05, 4.69) is 21.7 Å². The van der Waals surface area contributed by atoms with Crippen LogP contribution in [0, 0.1) is 6.92 Å². The Hall–Kier alpha value is -1.96. The zero-order valence-electron chi connectivity index (χ0n) is 17.7. The van der Waals surface area contributed by atoms with Crippen LogP contribution in [0.1, 0.15) is 30.9 Å². The predicted octanol–water partition coefficient (Wildman–Crippen LogP) is 4.50. The van der Waals surface area contributed by atoms with Crippen molar-refractivity contribution < 1.29 is 8.42 Å². The molecule has 5 nitrogen and oxygen atoms in total. The van der Waals surface area contributed by atoms with E-state index in [1.54, 1.807) is 6.20 Å². The lowest BCUT2D eigenvalue weighted by molar-refractivity contribution is 0.254. The molecule has 3 aromatic rings.